The van der Waals surface area contributed by atoms with E-state index in [0.717, 1.165) is 16.7 Å². The zero-order chi connectivity index (χ0) is 20.4. The molecule has 1 aliphatic rings. The number of carbonyl (C=O) groups excluding carboxylic acids is 2. The first-order chi connectivity index (χ1) is 14.1. The van der Waals surface area contributed by atoms with E-state index < -0.39 is 11.8 Å². The predicted molar refractivity (Wildman–Crippen MR) is 106 cm³/mol. The molecular weight excluding hydrogens is 372 g/mol. The van der Waals surface area contributed by atoms with Crippen molar-refractivity contribution in [3.8, 4) is 22.6 Å². The summed E-state index contributed by atoms with van der Waals surface area (Å²) in [5.74, 6) is -0.480. The smallest absolute Gasteiger partial charge is 0.260 e. The Bertz CT molecular complexity index is 1120. The third kappa shape index (κ3) is 3.55. The molecule has 8 nitrogen and oxygen atoms in total. The fourth-order valence-corrected chi connectivity index (χ4v) is 3.17. The molecule has 4 rings (SSSR count). The molecule has 0 radical (unpaired) electrons. The second-order valence-corrected chi connectivity index (χ2v) is 6.48. The Kier molecular flexibility index (Phi) is 4.74. The van der Waals surface area contributed by atoms with E-state index >= 15 is 0 Å². The van der Waals surface area contributed by atoms with Gasteiger partial charge in [-0.2, -0.15) is 5.10 Å². The van der Waals surface area contributed by atoms with E-state index in [0.29, 0.717) is 29.0 Å². The third-order valence-corrected chi connectivity index (χ3v) is 4.65. The Morgan fingerprint density at radius 2 is 1.97 bits per heavy atom. The minimum atomic E-state index is -0.475. The lowest BCUT2D eigenvalue weighted by atomic mass is 9.92. The molecule has 4 N–H and O–H groups in total. The summed E-state index contributed by atoms with van der Waals surface area (Å²) in [5.41, 5.74) is 3.82. The van der Waals surface area contributed by atoms with Crippen LogP contribution in [-0.4, -0.2) is 34.2 Å². The number of benzene rings is 2. The van der Waals surface area contributed by atoms with Crippen LogP contribution in [-0.2, 0) is 11.3 Å². The maximum absolute atomic E-state index is 12.4. The quantitative estimate of drug-likeness (QED) is 0.392. The van der Waals surface area contributed by atoms with Crippen molar-refractivity contribution in [3.05, 3.63) is 71.7 Å². The van der Waals surface area contributed by atoms with E-state index in [-0.39, 0.29) is 5.75 Å². The van der Waals surface area contributed by atoms with Crippen LogP contribution in [0.4, 0.5) is 0 Å². The molecule has 0 saturated carbocycles. The molecule has 0 aliphatic carbocycles. The number of aromatic amines is 1. The number of aromatic hydroxyl groups is 1. The molecule has 1 aromatic heterocycles. The van der Waals surface area contributed by atoms with Gasteiger partial charge in [0.05, 0.1) is 18.9 Å². The van der Waals surface area contributed by atoms with Crippen LogP contribution in [0.1, 0.15) is 21.5 Å². The maximum Gasteiger partial charge on any atom is 0.260 e. The number of carbonyl (C=O) groups is 2. The largest absolute Gasteiger partial charge is 0.504 e. The van der Waals surface area contributed by atoms with E-state index in [1.807, 2.05) is 6.07 Å². The van der Waals surface area contributed by atoms with Gasteiger partial charge in [-0.25, -0.2) is 0 Å². The number of phenols is 1. The van der Waals surface area contributed by atoms with Crippen LogP contribution in [0.3, 0.4) is 0 Å². The highest BCUT2D eigenvalue weighted by Crippen LogP contribution is 2.29. The summed E-state index contributed by atoms with van der Waals surface area (Å²) in [7, 11) is 1.48. The molecule has 1 aliphatic heterocycles. The van der Waals surface area contributed by atoms with Gasteiger partial charge in [-0.1, -0.05) is 12.1 Å². The number of rotatable bonds is 5. The molecule has 2 heterocycles. The number of aromatic nitrogens is 2. The van der Waals surface area contributed by atoms with Gasteiger partial charge in [0, 0.05) is 35.6 Å². The van der Waals surface area contributed by atoms with Gasteiger partial charge in [0.25, 0.3) is 11.8 Å². The fraction of sp³-hybridized carbons (Fsp3) is 0.0952. The summed E-state index contributed by atoms with van der Waals surface area (Å²) in [6.07, 6.45) is 4.98. The van der Waals surface area contributed by atoms with Gasteiger partial charge in [0.2, 0.25) is 0 Å². The number of methoxy groups -OCH3 is 1. The first-order valence-electron chi connectivity index (χ1n) is 8.85. The molecule has 3 aromatic rings. The highest BCUT2D eigenvalue weighted by atomic mass is 16.5. The molecule has 8 heteroatoms. The van der Waals surface area contributed by atoms with Gasteiger partial charge in [0.1, 0.15) is 0 Å². The number of ether oxygens (including phenoxy) is 1. The van der Waals surface area contributed by atoms with Crippen molar-refractivity contribution >= 4 is 17.4 Å². The number of imide groups is 1. The number of H-pyrrole nitrogens is 1. The van der Waals surface area contributed by atoms with Crippen molar-refractivity contribution in [2.24, 2.45) is 0 Å². The molecule has 29 heavy (non-hydrogen) atoms. The van der Waals surface area contributed by atoms with Gasteiger partial charge >= 0.3 is 0 Å². The van der Waals surface area contributed by atoms with E-state index in [4.69, 9.17) is 4.74 Å². The SMILES string of the molecule is COc1ccc(CNC=C2C(=O)NC(=O)c3ccc(-c4cn[nH]c4)cc32)cc1O. The standard InChI is InChI=1S/C21H18N4O4/c1-29-19-5-2-12(6-18(19)26)8-22-11-17-16-7-13(14-9-23-24-10-14)3-4-15(16)20(27)25-21(17)28/h2-7,9-11,22,26H,8H2,1H3,(H,23,24)(H,25,27,28). The van der Waals surface area contributed by atoms with Crippen LogP contribution in [0.2, 0.25) is 0 Å². The Labute approximate surface area is 166 Å². The van der Waals surface area contributed by atoms with Crippen molar-refractivity contribution in [3.63, 3.8) is 0 Å². The number of hydrogen-bond acceptors (Lipinski definition) is 6. The number of nitrogens with one attached hydrogen (secondary N) is 3. The van der Waals surface area contributed by atoms with Gasteiger partial charge in [-0.05, 0) is 35.4 Å². The normalized spacial score (nSPS) is 14.4. The molecule has 2 amide bonds. The van der Waals surface area contributed by atoms with Crippen LogP contribution >= 0.6 is 0 Å². The van der Waals surface area contributed by atoms with Crippen LogP contribution in [0, 0.1) is 0 Å². The van der Waals surface area contributed by atoms with E-state index in [2.05, 4.69) is 20.8 Å². The zero-order valence-electron chi connectivity index (χ0n) is 15.5. The number of nitrogens with zero attached hydrogens (tertiary/aromatic N) is 1. The van der Waals surface area contributed by atoms with Gasteiger partial charge in [-0.15, -0.1) is 0 Å². The van der Waals surface area contributed by atoms with Crippen LogP contribution < -0.4 is 15.4 Å². The monoisotopic (exact) mass is 390 g/mol. The second-order valence-electron chi connectivity index (χ2n) is 6.48. The maximum atomic E-state index is 12.4. The van der Waals surface area contributed by atoms with E-state index in [1.54, 1.807) is 48.9 Å². The summed E-state index contributed by atoms with van der Waals surface area (Å²) in [4.78, 5) is 24.6. The number of amides is 2. The lowest BCUT2D eigenvalue weighted by Gasteiger charge is -2.19. The average Bonchev–Trinajstić information content (AvgIpc) is 3.25. The molecule has 0 bridgehead atoms. The van der Waals surface area contributed by atoms with Crippen LogP contribution in [0.25, 0.3) is 16.7 Å². The fourth-order valence-electron chi connectivity index (χ4n) is 3.17. The summed E-state index contributed by atoms with van der Waals surface area (Å²) in [6, 6.07) is 10.3. The summed E-state index contributed by atoms with van der Waals surface area (Å²) in [5, 5.41) is 22.0. The van der Waals surface area contributed by atoms with Crippen molar-refractivity contribution in [2.45, 2.75) is 6.54 Å². The van der Waals surface area contributed by atoms with Crippen molar-refractivity contribution < 1.29 is 19.4 Å². The first-order valence-corrected chi connectivity index (χ1v) is 8.85. The lowest BCUT2D eigenvalue weighted by Crippen LogP contribution is -2.37. The molecule has 0 spiro atoms. The Morgan fingerprint density at radius 1 is 1.10 bits per heavy atom. The highest BCUT2D eigenvalue weighted by Gasteiger charge is 2.27. The first kappa shape index (κ1) is 18.3. The third-order valence-electron chi connectivity index (χ3n) is 4.65. The Balaban J connectivity index is 1.62. The minimum absolute atomic E-state index is 0.0376. The second kappa shape index (κ2) is 7.51. The van der Waals surface area contributed by atoms with E-state index in [9.17, 15) is 14.7 Å². The summed E-state index contributed by atoms with van der Waals surface area (Å²) >= 11 is 0. The molecule has 146 valence electrons. The van der Waals surface area contributed by atoms with Gasteiger partial charge < -0.3 is 15.2 Å². The molecule has 0 unspecified atom stereocenters. The summed E-state index contributed by atoms with van der Waals surface area (Å²) < 4.78 is 5.03. The molecule has 0 saturated heterocycles. The van der Waals surface area contributed by atoms with Crippen LogP contribution in [0.15, 0.2) is 55.0 Å². The van der Waals surface area contributed by atoms with Gasteiger partial charge in [-0.3, -0.25) is 20.0 Å². The minimum Gasteiger partial charge on any atom is -0.504 e. The Hall–Kier alpha value is -4.07. The van der Waals surface area contributed by atoms with Crippen molar-refractivity contribution in [1.82, 2.24) is 20.8 Å². The predicted octanol–water partition coefficient (Wildman–Crippen LogP) is 2.19. The number of phenolic OH excluding ortho intramolecular Hbond substituents is 1. The molecule has 0 fully saturated rings. The summed E-state index contributed by atoms with van der Waals surface area (Å²) in [6.45, 7) is 0.374. The van der Waals surface area contributed by atoms with Crippen LogP contribution in [0.5, 0.6) is 11.5 Å². The highest BCUT2D eigenvalue weighted by molar-refractivity contribution is 6.31. The van der Waals surface area contributed by atoms with Crippen molar-refractivity contribution in [1.29, 1.82) is 0 Å². The molecule has 0 atom stereocenters. The lowest BCUT2D eigenvalue weighted by molar-refractivity contribution is -0.114. The topological polar surface area (TPSA) is 116 Å². The molecular formula is C21H18N4O4. The number of fused-ring (bicyclic) bond motifs is 1. The average molecular weight is 390 g/mol. The molecule has 2 aromatic carbocycles. The van der Waals surface area contributed by atoms with Gasteiger partial charge in [0.15, 0.2) is 11.5 Å². The van der Waals surface area contributed by atoms with E-state index in [1.165, 1.54) is 7.11 Å². The number of hydrogen-bond donors (Lipinski definition) is 4. The Morgan fingerprint density at radius 3 is 2.69 bits per heavy atom. The zero-order valence-corrected chi connectivity index (χ0v) is 15.5. The van der Waals surface area contributed by atoms with Crippen molar-refractivity contribution in [2.75, 3.05) is 7.11 Å².